The minimum absolute atomic E-state index is 0.0630. The molecule has 1 saturated heterocycles. The first kappa shape index (κ1) is 22.9. The van der Waals surface area contributed by atoms with Crippen LogP contribution in [0.5, 0.6) is 5.75 Å². The Morgan fingerprint density at radius 1 is 1.09 bits per heavy atom. The number of halogens is 3. The molecule has 1 fully saturated rings. The van der Waals surface area contributed by atoms with Crippen LogP contribution in [0.3, 0.4) is 0 Å². The van der Waals surface area contributed by atoms with Gasteiger partial charge in [0, 0.05) is 24.2 Å². The van der Waals surface area contributed by atoms with E-state index in [2.05, 4.69) is 0 Å². The van der Waals surface area contributed by atoms with Gasteiger partial charge in [-0.3, -0.25) is 10.0 Å². The van der Waals surface area contributed by atoms with Gasteiger partial charge in [-0.1, -0.05) is 18.2 Å². The predicted octanol–water partition coefficient (Wildman–Crippen LogP) is 3.21. The van der Waals surface area contributed by atoms with Crippen molar-refractivity contribution in [3.63, 3.8) is 0 Å². The number of hydroxylamine groups is 1. The van der Waals surface area contributed by atoms with E-state index in [1.807, 2.05) is 0 Å². The first-order valence-corrected chi connectivity index (χ1v) is 10.3. The molecule has 176 valence electrons. The fourth-order valence-corrected chi connectivity index (χ4v) is 3.91. The van der Waals surface area contributed by atoms with Crippen molar-refractivity contribution in [2.24, 2.45) is 0 Å². The van der Waals surface area contributed by atoms with Crippen LogP contribution < -0.4 is 10.2 Å². The van der Waals surface area contributed by atoms with Crippen molar-refractivity contribution in [2.45, 2.75) is 18.8 Å². The molecule has 0 saturated carbocycles. The van der Waals surface area contributed by atoms with Crippen molar-refractivity contribution < 1.29 is 37.4 Å². The Bertz CT molecular complexity index is 1040. The summed E-state index contributed by atoms with van der Waals surface area (Å²) in [5.41, 5.74) is 1.73. The minimum atomic E-state index is -4.53. The lowest BCUT2D eigenvalue weighted by molar-refractivity contribution is -0.137. The van der Waals surface area contributed by atoms with E-state index in [9.17, 15) is 22.8 Å². The van der Waals surface area contributed by atoms with E-state index in [1.165, 1.54) is 29.2 Å². The van der Waals surface area contributed by atoms with Crippen molar-refractivity contribution in [1.82, 2.24) is 15.3 Å². The molecule has 3 amide bonds. The highest BCUT2D eigenvalue weighted by Crippen LogP contribution is 2.36. The van der Waals surface area contributed by atoms with Gasteiger partial charge >= 0.3 is 12.2 Å². The predicted molar refractivity (Wildman–Crippen MR) is 109 cm³/mol. The molecule has 1 atom stereocenters. The maximum atomic E-state index is 13.4. The number of nitrogens with one attached hydrogen (secondary N) is 1. The fraction of sp³-hybridized carbons (Fsp3) is 0.364. The van der Waals surface area contributed by atoms with Crippen molar-refractivity contribution >= 4 is 11.9 Å². The molecule has 4 rings (SSSR count). The zero-order valence-electron chi connectivity index (χ0n) is 17.5. The quantitative estimate of drug-likeness (QED) is 0.525. The molecule has 0 aromatic heterocycles. The molecule has 8 nitrogen and oxygen atoms in total. The summed E-state index contributed by atoms with van der Waals surface area (Å²) in [5, 5.41) is 8.89. The van der Waals surface area contributed by atoms with E-state index in [1.54, 1.807) is 16.4 Å². The second-order valence-corrected chi connectivity index (χ2v) is 7.72. The number of amides is 3. The van der Waals surface area contributed by atoms with Gasteiger partial charge in [-0.2, -0.15) is 13.2 Å². The molecule has 1 unspecified atom stereocenters. The molecule has 2 N–H and O–H groups in total. The number of ether oxygens (including phenoxy) is 2. The number of hydrogen-bond donors (Lipinski definition) is 2. The zero-order valence-corrected chi connectivity index (χ0v) is 17.5. The van der Waals surface area contributed by atoms with Gasteiger partial charge in [0.2, 0.25) is 0 Å². The second-order valence-electron chi connectivity index (χ2n) is 7.72. The maximum absolute atomic E-state index is 13.4. The smallest absolute Gasteiger partial charge is 0.416 e. The monoisotopic (exact) mass is 465 g/mol. The molecule has 0 aliphatic carbocycles. The lowest BCUT2D eigenvalue weighted by Crippen LogP contribution is -2.49. The molecule has 2 aromatic rings. The van der Waals surface area contributed by atoms with Gasteiger partial charge in [0.05, 0.1) is 31.4 Å². The highest BCUT2D eigenvalue weighted by atomic mass is 19.4. The van der Waals surface area contributed by atoms with Crippen LogP contribution in [0.1, 0.15) is 33.1 Å². The van der Waals surface area contributed by atoms with Crippen molar-refractivity contribution in [3.8, 4) is 5.75 Å². The first-order valence-electron chi connectivity index (χ1n) is 10.3. The Balaban J connectivity index is 1.72. The average molecular weight is 465 g/mol. The molecular formula is C22H22F3N3O5. The molecule has 0 spiro atoms. The van der Waals surface area contributed by atoms with E-state index in [0.29, 0.717) is 37.6 Å². The summed E-state index contributed by atoms with van der Waals surface area (Å²) in [6.45, 7) is 1.44. The third-order valence-corrected chi connectivity index (χ3v) is 5.67. The van der Waals surface area contributed by atoms with E-state index in [4.69, 9.17) is 14.7 Å². The minimum Gasteiger partial charge on any atom is -0.491 e. The number of carbonyl (C=O) groups excluding carboxylic acids is 2. The normalized spacial score (nSPS) is 18.7. The summed E-state index contributed by atoms with van der Waals surface area (Å²) in [5.74, 6) is -0.424. The van der Waals surface area contributed by atoms with E-state index in [-0.39, 0.29) is 30.3 Å². The first-order chi connectivity index (χ1) is 15.8. The molecule has 0 bridgehead atoms. The highest BCUT2D eigenvalue weighted by Gasteiger charge is 2.36. The van der Waals surface area contributed by atoms with Gasteiger partial charge in [0.15, 0.2) is 0 Å². The summed E-state index contributed by atoms with van der Waals surface area (Å²) in [6, 6.07) is 8.18. The molecule has 2 heterocycles. The number of nitrogens with zero attached hydrogens (tertiary/aromatic N) is 2. The van der Waals surface area contributed by atoms with Crippen LogP contribution in [0.15, 0.2) is 42.5 Å². The van der Waals surface area contributed by atoms with E-state index < -0.39 is 23.7 Å². The van der Waals surface area contributed by atoms with Gasteiger partial charge in [-0.15, -0.1) is 0 Å². The molecule has 11 heteroatoms. The topological polar surface area (TPSA) is 91.3 Å². The fourth-order valence-electron chi connectivity index (χ4n) is 3.91. The third kappa shape index (κ3) is 4.88. The van der Waals surface area contributed by atoms with Crippen molar-refractivity contribution in [3.05, 3.63) is 64.7 Å². The van der Waals surface area contributed by atoms with Crippen LogP contribution in [0.4, 0.5) is 18.0 Å². The number of rotatable bonds is 2. The molecule has 0 radical (unpaired) electrons. The van der Waals surface area contributed by atoms with Crippen LogP contribution in [-0.4, -0.2) is 59.9 Å². The standard InChI is InChI=1S/C22H22F3N3O5/c23-22(24,25)17-3-1-2-14(10-17)18-13-33-19-11-15(20(29)26-31)4-5-16(19)12-28(18)21(30)27-6-8-32-9-7-27/h1-5,10-11,18,31H,6-9,12-13H2,(H,26,29). The van der Waals surface area contributed by atoms with E-state index in [0.717, 1.165) is 12.1 Å². The lowest BCUT2D eigenvalue weighted by atomic mass is 10.0. The van der Waals surface area contributed by atoms with Crippen molar-refractivity contribution in [1.29, 1.82) is 0 Å². The Labute approximate surface area is 187 Å². The Morgan fingerprint density at radius 2 is 1.85 bits per heavy atom. The number of hydrogen-bond acceptors (Lipinski definition) is 5. The Morgan fingerprint density at radius 3 is 2.55 bits per heavy atom. The molecule has 33 heavy (non-hydrogen) atoms. The van der Waals surface area contributed by atoms with Gasteiger partial charge in [0.1, 0.15) is 12.4 Å². The number of benzene rings is 2. The van der Waals surface area contributed by atoms with E-state index >= 15 is 0 Å². The number of alkyl halides is 3. The Hall–Kier alpha value is -3.31. The zero-order chi connectivity index (χ0) is 23.6. The number of urea groups is 1. The van der Waals surface area contributed by atoms with Crippen LogP contribution in [0.2, 0.25) is 0 Å². The summed E-state index contributed by atoms with van der Waals surface area (Å²) < 4.78 is 51.2. The highest BCUT2D eigenvalue weighted by molar-refractivity contribution is 5.93. The second kappa shape index (κ2) is 9.28. The number of morpholine rings is 1. The van der Waals surface area contributed by atoms with Gasteiger partial charge in [-0.25, -0.2) is 10.3 Å². The largest absolute Gasteiger partial charge is 0.491 e. The molecular weight excluding hydrogens is 443 g/mol. The Kier molecular flexibility index (Phi) is 6.43. The van der Waals surface area contributed by atoms with Gasteiger partial charge in [0.25, 0.3) is 5.91 Å². The van der Waals surface area contributed by atoms with Gasteiger partial charge in [-0.05, 0) is 29.8 Å². The third-order valence-electron chi connectivity index (χ3n) is 5.67. The maximum Gasteiger partial charge on any atom is 0.416 e. The summed E-state index contributed by atoms with van der Waals surface area (Å²) in [4.78, 5) is 28.3. The summed E-state index contributed by atoms with van der Waals surface area (Å²) in [7, 11) is 0. The SMILES string of the molecule is O=C(NO)c1ccc2c(c1)OCC(c1cccc(C(F)(F)F)c1)N(C(=O)N1CCOCC1)C2. The van der Waals surface area contributed by atoms with Crippen LogP contribution in [0.25, 0.3) is 0 Å². The van der Waals surface area contributed by atoms with Crippen LogP contribution in [0, 0.1) is 0 Å². The van der Waals surface area contributed by atoms with Gasteiger partial charge < -0.3 is 19.3 Å². The average Bonchev–Trinajstić information content (AvgIpc) is 3.02. The molecule has 2 aliphatic heterocycles. The molecule has 2 aromatic carbocycles. The number of fused-ring (bicyclic) bond motifs is 1. The van der Waals surface area contributed by atoms with Crippen LogP contribution in [-0.2, 0) is 17.5 Å². The molecule has 2 aliphatic rings. The summed E-state index contributed by atoms with van der Waals surface area (Å²) >= 11 is 0. The summed E-state index contributed by atoms with van der Waals surface area (Å²) in [6.07, 6.45) is -4.53. The number of carbonyl (C=O) groups is 2. The van der Waals surface area contributed by atoms with Crippen molar-refractivity contribution in [2.75, 3.05) is 32.9 Å². The lowest BCUT2D eigenvalue weighted by Gasteiger charge is -2.36. The van der Waals surface area contributed by atoms with Crippen LogP contribution >= 0.6 is 0 Å².